The van der Waals surface area contributed by atoms with E-state index in [1.807, 2.05) is 6.92 Å². The van der Waals surface area contributed by atoms with Gasteiger partial charge in [0.05, 0.1) is 33.4 Å². The number of aromatic hydroxyl groups is 1. The summed E-state index contributed by atoms with van der Waals surface area (Å²) >= 11 is 1.77. The number of thiophene rings is 1. The van der Waals surface area contributed by atoms with E-state index in [9.17, 15) is 10.2 Å². The number of hydrogen-bond donors (Lipinski definition) is 2. The molecular formula is C44H51NO4S. The minimum absolute atomic E-state index is 0.0428. The number of rotatable bonds is 2. The maximum atomic E-state index is 12.4. The van der Waals surface area contributed by atoms with Gasteiger partial charge < -0.3 is 24.1 Å². The van der Waals surface area contributed by atoms with Crippen LogP contribution in [0.5, 0.6) is 5.75 Å². The quantitative estimate of drug-likeness (QED) is 0.220. The molecule has 3 aromatic heterocycles. The molecule has 2 saturated carbocycles. The number of nitrogens with zero attached hydrogens (tertiary/aromatic N) is 1. The Balaban J connectivity index is 1.20. The van der Waals surface area contributed by atoms with Gasteiger partial charge in [0, 0.05) is 38.8 Å². The molecule has 6 aliphatic rings. The van der Waals surface area contributed by atoms with E-state index in [1.54, 1.807) is 11.3 Å². The average molecular weight is 690 g/mol. The standard InChI is InChI=1S/C44H51NO4S/c1-22(2)35-38(47)33-32-24(27-21-40(3,4)49-41(5,6)34(27)37(32)46)20-25-26-19-23-12-13-30-42(7)16-14-28(29-11-10-18-50-29)48-31(42)15-17-43(30,8)44(23,9)39(26)45(35)36(25)33/h10-11,14,18,20-21,23,30-31,34,37,46-47H,1,12-13,15-17,19H2,2-9H3/t23?,30?,31-,34?,37+,42-,43-,44?/m0/s1. The summed E-state index contributed by atoms with van der Waals surface area (Å²) in [6, 6.07) is 6.69. The van der Waals surface area contributed by atoms with Crippen molar-refractivity contribution in [1.82, 2.24) is 4.40 Å². The van der Waals surface area contributed by atoms with Crippen LogP contribution in [0, 0.1) is 28.6 Å². The van der Waals surface area contributed by atoms with Crippen LogP contribution >= 0.6 is 11.3 Å². The van der Waals surface area contributed by atoms with Crippen LogP contribution in [-0.4, -0.2) is 31.9 Å². The molecular weight excluding hydrogens is 639 g/mol. The fraction of sp³-hybridized carbons (Fsp3) is 0.545. The summed E-state index contributed by atoms with van der Waals surface area (Å²) in [6.45, 7) is 22.6. The van der Waals surface area contributed by atoms with Crippen LogP contribution in [0.1, 0.15) is 127 Å². The topological polar surface area (TPSA) is 63.3 Å². The molecule has 0 amide bonds. The Morgan fingerprint density at radius 1 is 1.08 bits per heavy atom. The number of allylic oxidation sites excluding steroid dienone is 2. The Hall–Kier alpha value is -3.06. The summed E-state index contributed by atoms with van der Waals surface area (Å²) in [5.41, 5.74) is 7.59. The molecule has 2 N–H and O–H groups in total. The summed E-state index contributed by atoms with van der Waals surface area (Å²) in [5.74, 6) is 2.15. The molecule has 50 heavy (non-hydrogen) atoms. The van der Waals surface area contributed by atoms with Crippen molar-refractivity contribution in [3.8, 4) is 5.75 Å². The van der Waals surface area contributed by atoms with E-state index in [-0.39, 0.29) is 34.0 Å². The highest BCUT2D eigenvalue weighted by molar-refractivity contribution is 7.11. The molecule has 5 nitrogen and oxygen atoms in total. The summed E-state index contributed by atoms with van der Waals surface area (Å²) < 4.78 is 15.9. The zero-order valence-electron chi connectivity index (χ0n) is 30.9. The minimum Gasteiger partial charge on any atom is -0.505 e. The molecule has 4 aromatic rings. The van der Waals surface area contributed by atoms with Crippen molar-refractivity contribution in [3.05, 3.63) is 75.3 Å². The predicted octanol–water partition coefficient (Wildman–Crippen LogP) is 10.4. The largest absolute Gasteiger partial charge is 0.505 e. The van der Waals surface area contributed by atoms with Crippen LogP contribution in [0.4, 0.5) is 0 Å². The first-order chi connectivity index (χ1) is 23.5. The van der Waals surface area contributed by atoms with Crippen molar-refractivity contribution in [2.24, 2.45) is 28.6 Å². The number of fused-ring (bicyclic) bond motifs is 13. The number of hydrogen-bond acceptors (Lipinski definition) is 5. The summed E-state index contributed by atoms with van der Waals surface area (Å²) in [5, 5.41) is 28.8. The summed E-state index contributed by atoms with van der Waals surface area (Å²) in [7, 11) is 0. The molecule has 4 aliphatic carbocycles. The van der Waals surface area contributed by atoms with E-state index in [0.717, 1.165) is 70.3 Å². The van der Waals surface area contributed by atoms with Gasteiger partial charge in [0.15, 0.2) is 0 Å². The molecule has 1 aromatic carbocycles. The van der Waals surface area contributed by atoms with Crippen LogP contribution in [0.25, 0.3) is 33.2 Å². The lowest BCUT2D eigenvalue weighted by atomic mass is 9.40. The van der Waals surface area contributed by atoms with E-state index >= 15 is 0 Å². The van der Waals surface area contributed by atoms with Crippen LogP contribution in [0.2, 0.25) is 0 Å². The fourth-order valence-electron chi connectivity index (χ4n) is 13.3. The second-order valence-electron chi connectivity index (χ2n) is 18.6. The number of ether oxygens (including phenoxy) is 2. The third-order valence-electron chi connectivity index (χ3n) is 15.3. The second-order valence-corrected chi connectivity index (χ2v) is 19.6. The highest BCUT2D eigenvalue weighted by atomic mass is 32.1. The smallest absolute Gasteiger partial charge is 0.149 e. The van der Waals surface area contributed by atoms with Gasteiger partial charge in [0.2, 0.25) is 0 Å². The SMILES string of the molecule is C=C(C)c1c(O)c2c3c(cc4c5c(n1c42)C1(C)C(CCC2[C@]4(C)CC=C(c6cccs6)O[C@H]4CC[C@@]21C)C5)C1=CC(C)(C)OC(C)(C)C1[C@@H]3O. The summed E-state index contributed by atoms with van der Waals surface area (Å²) in [4.78, 5) is 1.24. The monoisotopic (exact) mass is 689 g/mol. The van der Waals surface area contributed by atoms with Crippen molar-refractivity contribution in [2.75, 3.05) is 0 Å². The molecule has 0 spiro atoms. The maximum Gasteiger partial charge on any atom is 0.149 e. The zero-order chi connectivity index (χ0) is 35.1. The van der Waals surface area contributed by atoms with Crippen LogP contribution < -0.4 is 0 Å². The first-order valence-electron chi connectivity index (χ1n) is 18.9. The van der Waals surface area contributed by atoms with Crippen LogP contribution in [-0.2, 0) is 21.3 Å². The van der Waals surface area contributed by atoms with Gasteiger partial charge in [-0.15, -0.1) is 11.3 Å². The Kier molecular flexibility index (Phi) is 6.00. The van der Waals surface area contributed by atoms with Gasteiger partial charge in [-0.3, -0.25) is 0 Å². The molecule has 2 fully saturated rings. The second kappa shape index (κ2) is 9.48. The molecule has 0 saturated heterocycles. The van der Waals surface area contributed by atoms with E-state index in [0.29, 0.717) is 11.8 Å². The lowest BCUT2D eigenvalue weighted by molar-refractivity contribution is -0.166. The highest BCUT2D eigenvalue weighted by Gasteiger charge is 2.68. The Bertz CT molecular complexity index is 2220. The van der Waals surface area contributed by atoms with E-state index < -0.39 is 17.3 Å². The molecule has 6 heteroatoms. The first kappa shape index (κ1) is 31.7. The minimum atomic E-state index is -0.778. The van der Waals surface area contributed by atoms with Crippen molar-refractivity contribution >= 4 is 44.5 Å². The number of aromatic nitrogens is 1. The molecule has 8 atom stereocenters. The summed E-state index contributed by atoms with van der Waals surface area (Å²) in [6.07, 6.45) is 10.7. The third kappa shape index (κ3) is 3.52. The average Bonchev–Trinajstić information content (AvgIpc) is 3.83. The van der Waals surface area contributed by atoms with Gasteiger partial charge in [-0.25, -0.2) is 0 Å². The lowest BCUT2D eigenvalue weighted by Gasteiger charge is -2.65. The number of aliphatic hydroxyl groups excluding tert-OH is 1. The first-order valence-corrected chi connectivity index (χ1v) is 19.8. The van der Waals surface area contributed by atoms with Crippen molar-refractivity contribution < 1.29 is 19.7 Å². The molecule has 0 radical (unpaired) electrons. The van der Waals surface area contributed by atoms with E-state index in [2.05, 4.69) is 95.2 Å². The number of aliphatic hydroxyl groups is 1. The van der Waals surface area contributed by atoms with Crippen molar-refractivity contribution in [2.45, 2.75) is 123 Å². The van der Waals surface area contributed by atoms with E-state index in [1.165, 1.54) is 34.4 Å². The van der Waals surface area contributed by atoms with Crippen molar-refractivity contribution in [1.29, 1.82) is 0 Å². The molecule has 2 aliphatic heterocycles. The third-order valence-corrected chi connectivity index (χ3v) is 16.1. The Morgan fingerprint density at radius 3 is 2.58 bits per heavy atom. The Morgan fingerprint density at radius 2 is 1.86 bits per heavy atom. The van der Waals surface area contributed by atoms with Gasteiger partial charge in [0.25, 0.3) is 0 Å². The van der Waals surface area contributed by atoms with Gasteiger partial charge >= 0.3 is 0 Å². The van der Waals surface area contributed by atoms with Crippen LogP contribution in [0.3, 0.4) is 0 Å². The normalized spacial score (nSPS) is 37.7. The molecule has 10 rings (SSSR count). The predicted molar refractivity (Wildman–Crippen MR) is 203 cm³/mol. The fourth-order valence-corrected chi connectivity index (χ4v) is 14.0. The van der Waals surface area contributed by atoms with Gasteiger partial charge in [-0.05, 0) is 142 Å². The zero-order valence-corrected chi connectivity index (χ0v) is 31.7. The lowest BCUT2D eigenvalue weighted by Crippen LogP contribution is -2.63. The highest BCUT2D eigenvalue weighted by Crippen LogP contribution is 2.72. The molecule has 262 valence electrons. The Labute approximate surface area is 300 Å². The molecule has 4 unspecified atom stereocenters. The van der Waals surface area contributed by atoms with Gasteiger partial charge in [0.1, 0.15) is 17.6 Å². The van der Waals surface area contributed by atoms with Crippen molar-refractivity contribution in [3.63, 3.8) is 0 Å². The maximum absolute atomic E-state index is 12.4. The molecule has 5 heterocycles. The van der Waals surface area contributed by atoms with E-state index in [4.69, 9.17) is 9.47 Å². The van der Waals surface area contributed by atoms with Crippen LogP contribution in [0.15, 0.2) is 42.3 Å². The number of benzene rings is 1. The molecule has 0 bridgehead atoms. The van der Waals surface area contributed by atoms with Gasteiger partial charge in [-0.2, -0.15) is 0 Å². The van der Waals surface area contributed by atoms with Gasteiger partial charge in [-0.1, -0.05) is 33.4 Å².